The third-order valence-corrected chi connectivity index (χ3v) is 4.34. The van der Waals surface area contributed by atoms with Gasteiger partial charge in [-0.1, -0.05) is 23.7 Å². The van der Waals surface area contributed by atoms with Gasteiger partial charge in [-0.15, -0.1) is 0 Å². The lowest BCUT2D eigenvalue weighted by Crippen LogP contribution is -2.24. The highest BCUT2D eigenvalue weighted by atomic mass is 35.5. The normalized spacial score (nSPS) is 10.4. The van der Waals surface area contributed by atoms with Gasteiger partial charge in [0.2, 0.25) is 0 Å². The van der Waals surface area contributed by atoms with E-state index in [9.17, 15) is 4.79 Å². The number of aromatic nitrogens is 2. The zero-order chi connectivity index (χ0) is 20.1. The molecule has 0 aliphatic carbocycles. The highest BCUT2D eigenvalue weighted by Gasteiger charge is 2.11. The summed E-state index contributed by atoms with van der Waals surface area (Å²) >= 11 is 5.88. The SMILES string of the molecule is Cc1nc(Nc2ccc(N(C)C)cc2)cc(C(=O)NCc2ccc(Cl)cc2)n1. The summed E-state index contributed by atoms with van der Waals surface area (Å²) in [5, 5.41) is 6.75. The molecule has 3 rings (SSSR count). The standard InChI is InChI=1S/C21H22ClN5O/c1-14-24-19(21(28)23-13-15-4-6-16(22)7-5-15)12-20(25-14)26-17-8-10-18(11-9-17)27(2)3/h4-12H,13H2,1-3H3,(H,23,28)(H,24,25,26). The summed E-state index contributed by atoms with van der Waals surface area (Å²) < 4.78 is 0. The molecule has 0 saturated carbocycles. The summed E-state index contributed by atoms with van der Waals surface area (Å²) in [6, 6.07) is 16.9. The Labute approximate surface area is 169 Å². The van der Waals surface area contributed by atoms with Gasteiger partial charge in [0, 0.05) is 43.1 Å². The molecule has 0 bridgehead atoms. The van der Waals surface area contributed by atoms with Crippen LogP contribution in [0.2, 0.25) is 5.02 Å². The van der Waals surface area contributed by atoms with E-state index in [1.165, 1.54) is 0 Å². The van der Waals surface area contributed by atoms with Crippen LogP contribution in [0.15, 0.2) is 54.6 Å². The molecule has 0 spiro atoms. The van der Waals surface area contributed by atoms with Crippen molar-refractivity contribution in [2.45, 2.75) is 13.5 Å². The summed E-state index contributed by atoms with van der Waals surface area (Å²) in [5.41, 5.74) is 3.26. The number of benzene rings is 2. The van der Waals surface area contributed by atoms with Gasteiger partial charge in [-0.05, 0) is 48.9 Å². The van der Waals surface area contributed by atoms with E-state index in [1.54, 1.807) is 25.1 Å². The fourth-order valence-electron chi connectivity index (χ4n) is 2.61. The number of amides is 1. The number of rotatable bonds is 6. The van der Waals surface area contributed by atoms with Gasteiger partial charge < -0.3 is 15.5 Å². The van der Waals surface area contributed by atoms with Crippen molar-refractivity contribution in [3.8, 4) is 0 Å². The fraction of sp³-hybridized carbons (Fsp3) is 0.190. The van der Waals surface area contributed by atoms with E-state index in [-0.39, 0.29) is 5.91 Å². The number of carbonyl (C=O) groups is 1. The van der Waals surface area contributed by atoms with E-state index in [1.807, 2.05) is 55.4 Å². The minimum atomic E-state index is -0.258. The number of aryl methyl sites for hydroxylation is 1. The van der Waals surface area contributed by atoms with Gasteiger partial charge in [0.15, 0.2) is 0 Å². The Morgan fingerprint density at radius 1 is 1.04 bits per heavy atom. The van der Waals surface area contributed by atoms with E-state index < -0.39 is 0 Å². The first-order chi connectivity index (χ1) is 13.4. The molecule has 0 fully saturated rings. The number of nitrogens with zero attached hydrogens (tertiary/aromatic N) is 3. The average molecular weight is 396 g/mol. The van der Waals surface area contributed by atoms with Crippen molar-refractivity contribution < 1.29 is 4.79 Å². The molecule has 1 aromatic heterocycles. The first-order valence-corrected chi connectivity index (χ1v) is 9.21. The Balaban J connectivity index is 1.69. The second kappa shape index (κ2) is 8.71. The van der Waals surface area contributed by atoms with Crippen molar-refractivity contribution in [3.05, 3.63) is 76.7 Å². The van der Waals surface area contributed by atoms with Crippen molar-refractivity contribution in [2.24, 2.45) is 0 Å². The lowest BCUT2D eigenvalue weighted by atomic mass is 10.2. The summed E-state index contributed by atoms with van der Waals surface area (Å²) in [6.45, 7) is 2.16. The third kappa shape index (κ3) is 5.20. The van der Waals surface area contributed by atoms with E-state index in [0.29, 0.717) is 28.9 Å². The molecule has 3 aromatic rings. The lowest BCUT2D eigenvalue weighted by Gasteiger charge is -2.13. The molecule has 1 heterocycles. The molecule has 2 aromatic carbocycles. The van der Waals surface area contributed by atoms with Gasteiger partial charge in [0.05, 0.1) is 0 Å². The van der Waals surface area contributed by atoms with Crippen LogP contribution in [0.25, 0.3) is 0 Å². The molecular weight excluding hydrogens is 374 g/mol. The summed E-state index contributed by atoms with van der Waals surface area (Å²) in [4.78, 5) is 23.1. The largest absolute Gasteiger partial charge is 0.378 e. The van der Waals surface area contributed by atoms with Gasteiger partial charge in [-0.25, -0.2) is 9.97 Å². The second-order valence-corrected chi connectivity index (χ2v) is 7.00. The van der Waals surface area contributed by atoms with Crippen LogP contribution < -0.4 is 15.5 Å². The zero-order valence-corrected chi connectivity index (χ0v) is 16.8. The maximum absolute atomic E-state index is 12.5. The first-order valence-electron chi connectivity index (χ1n) is 8.83. The third-order valence-electron chi connectivity index (χ3n) is 4.09. The number of carbonyl (C=O) groups excluding carboxylic acids is 1. The minimum Gasteiger partial charge on any atom is -0.378 e. The minimum absolute atomic E-state index is 0.258. The van der Waals surface area contributed by atoms with Crippen LogP contribution in [-0.2, 0) is 6.54 Å². The molecule has 2 N–H and O–H groups in total. The zero-order valence-electron chi connectivity index (χ0n) is 16.0. The Bertz CT molecular complexity index is 956. The molecule has 0 radical (unpaired) electrons. The van der Waals surface area contributed by atoms with Crippen LogP contribution >= 0.6 is 11.6 Å². The summed E-state index contributed by atoms with van der Waals surface area (Å²) in [5.74, 6) is 0.833. The van der Waals surface area contributed by atoms with E-state index in [4.69, 9.17) is 11.6 Å². The Morgan fingerprint density at radius 3 is 2.36 bits per heavy atom. The molecule has 0 unspecified atom stereocenters. The van der Waals surface area contributed by atoms with Crippen molar-refractivity contribution >= 4 is 34.7 Å². The van der Waals surface area contributed by atoms with Crippen LogP contribution in [0, 0.1) is 6.92 Å². The molecule has 0 saturated heterocycles. The molecule has 0 aliphatic heterocycles. The quantitative estimate of drug-likeness (QED) is 0.655. The first kappa shape index (κ1) is 19.6. The molecule has 0 aliphatic rings. The molecule has 144 valence electrons. The van der Waals surface area contributed by atoms with Crippen molar-refractivity contribution in [3.63, 3.8) is 0 Å². The van der Waals surface area contributed by atoms with Crippen LogP contribution in [0.3, 0.4) is 0 Å². The number of nitrogens with one attached hydrogen (secondary N) is 2. The van der Waals surface area contributed by atoms with Gasteiger partial charge in [-0.3, -0.25) is 4.79 Å². The Morgan fingerprint density at radius 2 is 1.71 bits per heavy atom. The topological polar surface area (TPSA) is 70.2 Å². The number of hydrogen-bond acceptors (Lipinski definition) is 5. The van der Waals surface area contributed by atoms with Gasteiger partial charge in [0.1, 0.15) is 17.3 Å². The van der Waals surface area contributed by atoms with Crippen molar-refractivity contribution in [2.75, 3.05) is 24.3 Å². The smallest absolute Gasteiger partial charge is 0.270 e. The Hall–Kier alpha value is -3.12. The molecule has 0 atom stereocenters. The molecule has 1 amide bonds. The van der Waals surface area contributed by atoms with Crippen molar-refractivity contribution in [1.82, 2.24) is 15.3 Å². The van der Waals surface area contributed by atoms with Crippen molar-refractivity contribution in [1.29, 1.82) is 0 Å². The van der Waals surface area contributed by atoms with Gasteiger partial charge in [0.25, 0.3) is 5.91 Å². The Kier molecular flexibility index (Phi) is 6.11. The summed E-state index contributed by atoms with van der Waals surface area (Å²) in [7, 11) is 3.98. The molecule has 28 heavy (non-hydrogen) atoms. The van der Waals surface area contributed by atoms with Crippen LogP contribution in [-0.4, -0.2) is 30.0 Å². The van der Waals surface area contributed by atoms with Crippen LogP contribution in [0.1, 0.15) is 21.9 Å². The monoisotopic (exact) mass is 395 g/mol. The highest BCUT2D eigenvalue weighted by molar-refractivity contribution is 6.30. The predicted molar refractivity (Wildman–Crippen MR) is 113 cm³/mol. The predicted octanol–water partition coefficient (Wildman–Crippen LogP) is 4.18. The lowest BCUT2D eigenvalue weighted by molar-refractivity contribution is 0.0945. The fourth-order valence-corrected chi connectivity index (χ4v) is 2.74. The second-order valence-electron chi connectivity index (χ2n) is 6.56. The summed E-state index contributed by atoms with van der Waals surface area (Å²) in [6.07, 6.45) is 0. The molecular formula is C21H22ClN5O. The van der Waals surface area contributed by atoms with E-state index in [2.05, 4.69) is 20.6 Å². The maximum atomic E-state index is 12.5. The van der Waals surface area contributed by atoms with E-state index >= 15 is 0 Å². The van der Waals surface area contributed by atoms with E-state index in [0.717, 1.165) is 16.9 Å². The average Bonchev–Trinajstić information content (AvgIpc) is 2.67. The van der Waals surface area contributed by atoms with Crippen LogP contribution in [0.4, 0.5) is 17.2 Å². The number of anilines is 3. The van der Waals surface area contributed by atoms with Crippen LogP contribution in [0.5, 0.6) is 0 Å². The van der Waals surface area contributed by atoms with Gasteiger partial charge >= 0.3 is 0 Å². The number of halogens is 1. The molecule has 6 nitrogen and oxygen atoms in total. The highest BCUT2D eigenvalue weighted by Crippen LogP contribution is 2.19. The molecule has 7 heteroatoms. The maximum Gasteiger partial charge on any atom is 0.270 e. The number of hydrogen-bond donors (Lipinski definition) is 2. The van der Waals surface area contributed by atoms with Gasteiger partial charge in [-0.2, -0.15) is 0 Å².